The van der Waals surface area contributed by atoms with Crippen LogP contribution in [-0.4, -0.2) is 11.4 Å². The summed E-state index contributed by atoms with van der Waals surface area (Å²) in [5, 5.41) is 16.7. The quantitative estimate of drug-likeness (QED) is 0.307. The molecule has 0 fully saturated rings. The van der Waals surface area contributed by atoms with Crippen molar-refractivity contribution in [3.05, 3.63) is 60.2 Å². The second-order valence-corrected chi connectivity index (χ2v) is 4.82. The SMILES string of the molecule is CC(/C=N/O)c1ccc2c(ccc3ccccc32)c1. The number of benzene rings is 3. The van der Waals surface area contributed by atoms with E-state index in [1.807, 2.05) is 6.92 Å². The van der Waals surface area contributed by atoms with E-state index in [1.54, 1.807) is 6.21 Å². The number of hydrogen-bond acceptors (Lipinski definition) is 2. The standard InChI is InChI=1S/C17H15NO/c1-12(11-18-19)14-8-9-17-15(10-14)7-6-13-4-2-3-5-16(13)17/h2-12,19H,1H3/b18-11+. The lowest BCUT2D eigenvalue weighted by Crippen LogP contribution is -1.94. The Morgan fingerprint density at radius 3 is 2.53 bits per heavy atom. The summed E-state index contributed by atoms with van der Waals surface area (Å²) in [6.07, 6.45) is 1.54. The van der Waals surface area contributed by atoms with E-state index < -0.39 is 0 Å². The fourth-order valence-electron chi connectivity index (χ4n) is 2.50. The Morgan fingerprint density at radius 2 is 1.68 bits per heavy atom. The van der Waals surface area contributed by atoms with Crippen LogP contribution >= 0.6 is 0 Å². The van der Waals surface area contributed by atoms with Gasteiger partial charge in [0.2, 0.25) is 0 Å². The largest absolute Gasteiger partial charge is 0.411 e. The molecule has 0 radical (unpaired) electrons. The van der Waals surface area contributed by atoms with Crippen LogP contribution in [0, 0.1) is 0 Å². The summed E-state index contributed by atoms with van der Waals surface area (Å²) < 4.78 is 0. The molecule has 0 bridgehead atoms. The molecule has 0 saturated carbocycles. The van der Waals surface area contributed by atoms with Crippen molar-refractivity contribution in [1.29, 1.82) is 0 Å². The smallest absolute Gasteiger partial charge is 0.0507 e. The minimum atomic E-state index is 0.112. The van der Waals surface area contributed by atoms with E-state index in [2.05, 4.69) is 59.8 Å². The first kappa shape index (κ1) is 11.7. The van der Waals surface area contributed by atoms with E-state index in [4.69, 9.17) is 5.21 Å². The molecule has 0 saturated heterocycles. The van der Waals surface area contributed by atoms with E-state index in [0.29, 0.717) is 0 Å². The molecule has 2 nitrogen and oxygen atoms in total. The molecule has 0 aliphatic carbocycles. The third-order valence-electron chi connectivity index (χ3n) is 3.59. The minimum Gasteiger partial charge on any atom is -0.411 e. The van der Waals surface area contributed by atoms with Crippen LogP contribution < -0.4 is 0 Å². The molecule has 94 valence electrons. The maximum Gasteiger partial charge on any atom is 0.0507 e. The van der Waals surface area contributed by atoms with Gasteiger partial charge in [-0.3, -0.25) is 0 Å². The zero-order valence-corrected chi connectivity index (χ0v) is 10.7. The fraction of sp³-hybridized carbons (Fsp3) is 0.118. The van der Waals surface area contributed by atoms with Crippen LogP contribution in [-0.2, 0) is 0 Å². The topological polar surface area (TPSA) is 32.6 Å². The lowest BCUT2D eigenvalue weighted by atomic mass is 9.96. The Balaban J connectivity index is 2.22. The van der Waals surface area contributed by atoms with Crippen molar-refractivity contribution >= 4 is 27.8 Å². The number of hydrogen-bond donors (Lipinski definition) is 1. The Hall–Kier alpha value is -2.35. The van der Waals surface area contributed by atoms with Gasteiger partial charge in [0.25, 0.3) is 0 Å². The van der Waals surface area contributed by atoms with Crippen LogP contribution in [0.4, 0.5) is 0 Å². The van der Waals surface area contributed by atoms with Gasteiger partial charge in [-0.05, 0) is 27.1 Å². The Kier molecular flexibility index (Phi) is 2.92. The number of fused-ring (bicyclic) bond motifs is 3. The molecule has 1 atom stereocenters. The number of nitrogens with zero attached hydrogens (tertiary/aromatic N) is 1. The molecule has 0 amide bonds. The summed E-state index contributed by atoms with van der Waals surface area (Å²) in [7, 11) is 0. The highest BCUT2D eigenvalue weighted by molar-refractivity contribution is 6.07. The summed E-state index contributed by atoms with van der Waals surface area (Å²) in [4.78, 5) is 0. The van der Waals surface area contributed by atoms with Crippen molar-refractivity contribution in [2.45, 2.75) is 12.8 Å². The summed E-state index contributed by atoms with van der Waals surface area (Å²) in [6.45, 7) is 2.02. The zero-order chi connectivity index (χ0) is 13.2. The van der Waals surface area contributed by atoms with Crippen molar-refractivity contribution < 1.29 is 5.21 Å². The Morgan fingerprint density at radius 1 is 0.947 bits per heavy atom. The minimum absolute atomic E-state index is 0.112. The zero-order valence-electron chi connectivity index (χ0n) is 10.7. The molecule has 3 aromatic rings. The van der Waals surface area contributed by atoms with E-state index in [-0.39, 0.29) is 5.92 Å². The highest BCUT2D eigenvalue weighted by atomic mass is 16.4. The molecule has 3 aromatic carbocycles. The first-order chi connectivity index (χ1) is 9.29. The first-order valence-corrected chi connectivity index (χ1v) is 6.38. The highest BCUT2D eigenvalue weighted by Crippen LogP contribution is 2.27. The lowest BCUT2D eigenvalue weighted by Gasteiger charge is -2.09. The van der Waals surface area contributed by atoms with Crippen LogP contribution in [0.1, 0.15) is 18.4 Å². The molecular weight excluding hydrogens is 234 g/mol. The van der Waals surface area contributed by atoms with Crippen molar-refractivity contribution in [1.82, 2.24) is 0 Å². The predicted octanol–water partition coefficient (Wildman–Crippen LogP) is 4.56. The van der Waals surface area contributed by atoms with Gasteiger partial charge in [-0.25, -0.2) is 0 Å². The molecule has 0 spiro atoms. The highest BCUT2D eigenvalue weighted by Gasteiger charge is 2.05. The van der Waals surface area contributed by atoms with Crippen LogP contribution in [0.15, 0.2) is 59.8 Å². The maximum absolute atomic E-state index is 8.62. The van der Waals surface area contributed by atoms with E-state index in [0.717, 1.165) is 5.56 Å². The molecule has 3 rings (SSSR count). The maximum atomic E-state index is 8.62. The van der Waals surface area contributed by atoms with Gasteiger partial charge in [0.1, 0.15) is 0 Å². The third-order valence-corrected chi connectivity index (χ3v) is 3.59. The molecular formula is C17H15NO. The molecule has 1 N–H and O–H groups in total. The van der Waals surface area contributed by atoms with Crippen molar-refractivity contribution in [2.75, 3.05) is 0 Å². The molecule has 0 aliphatic rings. The fourth-order valence-corrected chi connectivity index (χ4v) is 2.50. The lowest BCUT2D eigenvalue weighted by molar-refractivity contribution is 0.320. The van der Waals surface area contributed by atoms with E-state index in [1.165, 1.54) is 21.5 Å². The van der Waals surface area contributed by atoms with Crippen molar-refractivity contribution in [3.63, 3.8) is 0 Å². The van der Waals surface area contributed by atoms with Crippen molar-refractivity contribution in [2.24, 2.45) is 5.16 Å². The molecule has 0 aliphatic heterocycles. The Labute approximate surface area is 112 Å². The van der Waals surface area contributed by atoms with Gasteiger partial charge in [-0.2, -0.15) is 0 Å². The van der Waals surface area contributed by atoms with Crippen LogP contribution in [0.2, 0.25) is 0 Å². The second kappa shape index (κ2) is 4.73. The van der Waals surface area contributed by atoms with Crippen LogP contribution in [0.25, 0.3) is 21.5 Å². The summed E-state index contributed by atoms with van der Waals surface area (Å²) in [6, 6.07) is 19.1. The van der Waals surface area contributed by atoms with Gasteiger partial charge in [0.15, 0.2) is 0 Å². The monoisotopic (exact) mass is 249 g/mol. The molecule has 1 unspecified atom stereocenters. The van der Waals surface area contributed by atoms with Gasteiger partial charge >= 0.3 is 0 Å². The van der Waals surface area contributed by atoms with Gasteiger partial charge < -0.3 is 5.21 Å². The van der Waals surface area contributed by atoms with Gasteiger partial charge in [0, 0.05) is 5.92 Å². The Bertz CT molecular complexity index is 761. The summed E-state index contributed by atoms with van der Waals surface area (Å²) >= 11 is 0. The number of rotatable bonds is 2. The van der Waals surface area contributed by atoms with E-state index >= 15 is 0 Å². The van der Waals surface area contributed by atoms with Crippen LogP contribution in [0.3, 0.4) is 0 Å². The normalized spacial score (nSPS) is 13.3. The molecule has 0 heterocycles. The third kappa shape index (κ3) is 2.06. The van der Waals surface area contributed by atoms with Crippen molar-refractivity contribution in [3.8, 4) is 0 Å². The summed E-state index contributed by atoms with van der Waals surface area (Å²) in [5.41, 5.74) is 1.15. The first-order valence-electron chi connectivity index (χ1n) is 6.38. The van der Waals surface area contributed by atoms with Gasteiger partial charge in [-0.15, -0.1) is 5.16 Å². The second-order valence-electron chi connectivity index (χ2n) is 4.82. The number of oxime groups is 1. The average Bonchev–Trinajstić information content (AvgIpc) is 2.46. The van der Waals surface area contributed by atoms with E-state index in [9.17, 15) is 0 Å². The average molecular weight is 249 g/mol. The molecule has 2 heteroatoms. The molecule has 0 aromatic heterocycles. The predicted molar refractivity (Wildman–Crippen MR) is 80.1 cm³/mol. The van der Waals surface area contributed by atoms with Gasteiger partial charge in [0.05, 0.1) is 6.21 Å². The van der Waals surface area contributed by atoms with Crippen LogP contribution in [0.5, 0.6) is 0 Å². The summed E-state index contributed by atoms with van der Waals surface area (Å²) in [5.74, 6) is 0.112. The van der Waals surface area contributed by atoms with Gasteiger partial charge in [-0.1, -0.05) is 61.5 Å². The molecule has 19 heavy (non-hydrogen) atoms.